The van der Waals surface area contributed by atoms with Gasteiger partial charge in [0, 0.05) is 13.8 Å². The van der Waals surface area contributed by atoms with Crippen LogP contribution in [0.25, 0.3) is 6.08 Å². The van der Waals surface area contributed by atoms with E-state index in [1.165, 1.54) is 19.9 Å². The molecule has 0 bridgehead atoms. The van der Waals surface area contributed by atoms with Crippen molar-refractivity contribution >= 4 is 18.0 Å². The molecular formula is C13H11FO5. The van der Waals surface area contributed by atoms with Crippen molar-refractivity contribution in [2.75, 3.05) is 0 Å². The fourth-order valence-electron chi connectivity index (χ4n) is 1.56. The maximum Gasteiger partial charge on any atom is 0.348 e. The number of benzene rings is 1. The Morgan fingerprint density at radius 1 is 1.21 bits per heavy atom. The first-order valence-electron chi connectivity index (χ1n) is 5.45. The second-order valence-electron chi connectivity index (χ2n) is 4.45. The maximum atomic E-state index is 13.1. The summed E-state index contributed by atoms with van der Waals surface area (Å²) in [5.41, 5.74) is -0.0941. The third kappa shape index (κ3) is 2.73. The Balaban J connectivity index is 2.35. The van der Waals surface area contributed by atoms with E-state index in [1.54, 1.807) is 0 Å². The van der Waals surface area contributed by atoms with E-state index in [-0.39, 0.29) is 11.1 Å². The van der Waals surface area contributed by atoms with E-state index >= 15 is 0 Å². The number of hydrogen-bond acceptors (Lipinski definition) is 5. The van der Waals surface area contributed by atoms with E-state index in [1.807, 2.05) is 0 Å². The first-order valence-corrected chi connectivity index (χ1v) is 5.45. The van der Waals surface area contributed by atoms with Crippen molar-refractivity contribution in [3.8, 4) is 5.75 Å². The zero-order valence-electron chi connectivity index (χ0n) is 10.3. The Morgan fingerprint density at radius 3 is 2.32 bits per heavy atom. The number of phenolic OH excluding ortho intramolecular Hbond substituents is 1. The molecule has 100 valence electrons. The van der Waals surface area contributed by atoms with Gasteiger partial charge in [-0.1, -0.05) is 6.07 Å². The normalized spacial score (nSPS) is 17.7. The van der Waals surface area contributed by atoms with E-state index in [2.05, 4.69) is 0 Å². The number of ether oxygens (including phenoxy) is 2. The molecule has 1 saturated heterocycles. The molecule has 1 N–H and O–H groups in total. The number of hydrogen-bond donors (Lipinski definition) is 1. The summed E-state index contributed by atoms with van der Waals surface area (Å²) in [4.78, 5) is 23.3. The summed E-state index contributed by atoms with van der Waals surface area (Å²) in [6.45, 7) is 2.86. The summed E-state index contributed by atoms with van der Waals surface area (Å²) >= 11 is 0. The van der Waals surface area contributed by atoms with Crippen LogP contribution in [0.4, 0.5) is 4.39 Å². The third-order valence-corrected chi connectivity index (χ3v) is 2.40. The highest BCUT2D eigenvalue weighted by Gasteiger charge is 2.38. The van der Waals surface area contributed by atoms with Gasteiger partial charge in [0.2, 0.25) is 0 Å². The van der Waals surface area contributed by atoms with Crippen LogP contribution >= 0.6 is 0 Å². The minimum absolute atomic E-state index is 0.235. The fourth-order valence-corrected chi connectivity index (χ4v) is 1.56. The molecule has 1 heterocycles. The van der Waals surface area contributed by atoms with Crippen molar-refractivity contribution in [2.45, 2.75) is 19.6 Å². The summed E-state index contributed by atoms with van der Waals surface area (Å²) in [6.07, 6.45) is 1.14. The molecule has 0 spiro atoms. The van der Waals surface area contributed by atoms with Gasteiger partial charge in [-0.2, -0.15) is 0 Å². The summed E-state index contributed by atoms with van der Waals surface area (Å²) in [5, 5.41) is 9.04. The summed E-state index contributed by atoms with van der Waals surface area (Å²) < 4.78 is 22.9. The van der Waals surface area contributed by atoms with Crippen molar-refractivity contribution in [2.24, 2.45) is 0 Å². The Bertz CT molecular complexity index is 567. The average molecular weight is 266 g/mol. The summed E-state index contributed by atoms with van der Waals surface area (Å²) in [5.74, 6) is -4.36. The van der Waals surface area contributed by atoms with Crippen molar-refractivity contribution in [1.82, 2.24) is 0 Å². The lowest BCUT2D eigenvalue weighted by Crippen LogP contribution is -2.41. The standard InChI is InChI=1S/C13H11FO5/c1-13(2)18-11(16)8(12(17)19-13)5-7-3-4-10(15)9(14)6-7/h3-6,15H,1-2H3. The molecule has 0 unspecified atom stereocenters. The monoisotopic (exact) mass is 266 g/mol. The molecule has 0 aliphatic carbocycles. The average Bonchev–Trinajstić information content (AvgIpc) is 2.27. The zero-order valence-corrected chi connectivity index (χ0v) is 10.3. The first-order chi connectivity index (χ1) is 8.78. The quantitative estimate of drug-likeness (QED) is 0.476. The minimum Gasteiger partial charge on any atom is -0.505 e. The van der Waals surface area contributed by atoms with Gasteiger partial charge in [-0.25, -0.2) is 14.0 Å². The highest BCUT2D eigenvalue weighted by Crippen LogP contribution is 2.25. The highest BCUT2D eigenvalue weighted by molar-refractivity contribution is 6.18. The van der Waals surface area contributed by atoms with E-state index in [4.69, 9.17) is 14.6 Å². The van der Waals surface area contributed by atoms with E-state index in [0.29, 0.717) is 0 Å². The Labute approximate surface area is 108 Å². The molecule has 0 aromatic heterocycles. The zero-order chi connectivity index (χ0) is 14.2. The van der Waals surface area contributed by atoms with Gasteiger partial charge in [0.15, 0.2) is 11.6 Å². The number of halogens is 1. The smallest absolute Gasteiger partial charge is 0.348 e. The van der Waals surface area contributed by atoms with Gasteiger partial charge < -0.3 is 14.6 Å². The molecule has 0 radical (unpaired) electrons. The van der Waals surface area contributed by atoms with Crippen LogP contribution in [0.15, 0.2) is 23.8 Å². The molecule has 5 nitrogen and oxygen atoms in total. The number of carbonyl (C=O) groups is 2. The molecule has 1 aliphatic heterocycles. The van der Waals surface area contributed by atoms with Gasteiger partial charge in [-0.3, -0.25) is 0 Å². The molecule has 0 atom stereocenters. The Kier molecular flexibility index (Phi) is 3.01. The number of esters is 2. The summed E-state index contributed by atoms with van der Waals surface area (Å²) in [6, 6.07) is 3.46. The molecule has 19 heavy (non-hydrogen) atoms. The van der Waals surface area contributed by atoms with Gasteiger partial charge in [0.1, 0.15) is 5.57 Å². The second-order valence-corrected chi connectivity index (χ2v) is 4.45. The van der Waals surface area contributed by atoms with Crippen LogP contribution in [-0.4, -0.2) is 22.8 Å². The molecule has 0 amide bonds. The number of phenols is 1. The van der Waals surface area contributed by atoms with Crippen LogP contribution in [-0.2, 0) is 19.1 Å². The van der Waals surface area contributed by atoms with E-state index in [9.17, 15) is 14.0 Å². The molecule has 6 heteroatoms. The van der Waals surface area contributed by atoms with Crippen LogP contribution in [0.2, 0.25) is 0 Å². The van der Waals surface area contributed by atoms with Gasteiger partial charge in [-0.05, 0) is 23.8 Å². The lowest BCUT2D eigenvalue weighted by molar-refractivity contribution is -0.222. The lowest BCUT2D eigenvalue weighted by atomic mass is 10.1. The number of aromatic hydroxyl groups is 1. The van der Waals surface area contributed by atoms with Gasteiger partial charge >= 0.3 is 11.9 Å². The molecule has 1 aromatic rings. The molecular weight excluding hydrogens is 255 g/mol. The molecule has 1 aromatic carbocycles. The SMILES string of the molecule is CC1(C)OC(=O)C(=Cc2ccc(O)c(F)c2)C(=O)O1. The third-order valence-electron chi connectivity index (χ3n) is 2.40. The largest absolute Gasteiger partial charge is 0.505 e. The van der Waals surface area contributed by atoms with Gasteiger partial charge in [0.25, 0.3) is 5.79 Å². The van der Waals surface area contributed by atoms with Crippen LogP contribution in [0.1, 0.15) is 19.4 Å². The summed E-state index contributed by atoms with van der Waals surface area (Å²) in [7, 11) is 0. The van der Waals surface area contributed by atoms with Crippen LogP contribution in [0.3, 0.4) is 0 Å². The molecule has 0 saturated carbocycles. The topological polar surface area (TPSA) is 72.8 Å². The predicted octanol–water partition coefficient (Wildman–Crippen LogP) is 1.75. The fraction of sp³-hybridized carbons (Fsp3) is 0.231. The number of carbonyl (C=O) groups excluding carboxylic acids is 2. The maximum absolute atomic E-state index is 13.1. The number of rotatable bonds is 1. The van der Waals surface area contributed by atoms with Crippen molar-refractivity contribution in [3.05, 3.63) is 35.2 Å². The number of cyclic esters (lactones) is 2. The van der Waals surface area contributed by atoms with Gasteiger partial charge in [0.05, 0.1) is 0 Å². The van der Waals surface area contributed by atoms with Crippen LogP contribution in [0.5, 0.6) is 5.75 Å². The molecule has 1 aliphatic rings. The van der Waals surface area contributed by atoms with E-state index in [0.717, 1.165) is 18.2 Å². The van der Waals surface area contributed by atoms with Crippen molar-refractivity contribution in [3.63, 3.8) is 0 Å². The van der Waals surface area contributed by atoms with Crippen molar-refractivity contribution in [1.29, 1.82) is 0 Å². The van der Waals surface area contributed by atoms with Crippen molar-refractivity contribution < 1.29 is 28.6 Å². The minimum atomic E-state index is -1.31. The van der Waals surface area contributed by atoms with Crippen LogP contribution < -0.4 is 0 Å². The first kappa shape index (κ1) is 13.1. The Morgan fingerprint density at radius 2 is 1.79 bits per heavy atom. The predicted molar refractivity (Wildman–Crippen MR) is 62.3 cm³/mol. The second kappa shape index (κ2) is 4.38. The molecule has 1 fully saturated rings. The van der Waals surface area contributed by atoms with Crippen LogP contribution in [0, 0.1) is 5.82 Å². The molecule has 2 rings (SSSR count). The highest BCUT2D eigenvalue weighted by atomic mass is 19.1. The van der Waals surface area contributed by atoms with Gasteiger partial charge in [-0.15, -0.1) is 0 Å². The van der Waals surface area contributed by atoms with E-state index < -0.39 is 29.3 Å². The lowest BCUT2D eigenvalue weighted by Gasteiger charge is -2.29. The Hall–Kier alpha value is -2.37.